The SMILES string of the molecule is Cc1ccc(C)c(Nc2c(CC(=O)O)c(C)nc3ccccc23)c1. The highest BCUT2D eigenvalue weighted by atomic mass is 16.4. The van der Waals surface area contributed by atoms with E-state index in [1.54, 1.807) is 0 Å². The minimum absolute atomic E-state index is 0.0587. The number of carboxylic acids is 1. The Balaban J connectivity index is 2.23. The van der Waals surface area contributed by atoms with E-state index >= 15 is 0 Å². The number of para-hydroxylation sites is 1. The molecule has 0 atom stereocenters. The highest BCUT2D eigenvalue weighted by molar-refractivity contribution is 5.96. The number of anilines is 2. The molecule has 4 nitrogen and oxygen atoms in total. The lowest BCUT2D eigenvalue weighted by atomic mass is 10.0. The number of fused-ring (bicyclic) bond motifs is 1. The van der Waals surface area contributed by atoms with Gasteiger partial charge in [0.05, 0.1) is 17.6 Å². The number of aromatic nitrogens is 1. The molecule has 122 valence electrons. The van der Waals surface area contributed by atoms with Crippen LogP contribution in [0.2, 0.25) is 0 Å². The molecule has 0 radical (unpaired) electrons. The predicted molar refractivity (Wildman–Crippen MR) is 97.0 cm³/mol. The second-order valence-electron chi connectivity index (χ2n) is 6.08. The van der Waals surface area contributed by atoms with Gasteiger partial charge >= 0.3 is 5.97 Å². The van der Waals surface area contributed by atoms with Crippen LogP contribution in [0.5, 0.6) is 0 Å². The van der Waals surface area contributed by atoms with Gasteiger partial charge < -0.3 is 10.4 Å². The minimum Gasteiger partial charge on any atom is -0.481 e. The van der Waals surface area contributed by atoms with Crippen molar-refractivity contribution in [3.05, 3.63) is 64.8 Å². The summed E-state index contributed by atoms with van der Waals surface area (Å²) in [5, 5.41) is 13.7. The molecular weight excluding hydrogens is 300 g/mol. The molecular formula is C20H20N2O2. The van der Waals surface area contributed by atoms with Crippen molar-refractivity contribution in [1.29, 1.82) is 0 Å². The summed E-state index contributed by atoms with van der Waals surface area (Å²) in [6.07, 6.45) is -0.0587. The molecule has 0 bridgehead atoms. The molecule has 0 aliphatic heterocycles. The van der Waals surface area contributed by atoms with Gasteiger partial charge in [-0.2, -0.15) is 0 Å². The first-order chi connectivity index (χ1) is 11.5. The molecule has 0 aliphatic rings. The third-order valence-corrected chi connectivity index (χ3v) is 4.18. The van der Waals surface area contributed by atoms with Crippen molar-refractivity contribution in [3.63, 3.8) is 0 Å². The van der Waals surface area contributed by atoms with Gasteiger partial charge in [-0.3, -0.25) is 9.78 Å². The van der Waals surface area contributed by atoms with E-state index in [1.165, 1.54) is 0 Å². The van der Waals surface area contributed by atoms with Crippen molar-refractivity contribution in [3.8, 4) is 0 Å². The molecule has 0 amide bonds. The summed E-state index contributed by atoms with van der Waals surface area (Å²) in [5.74, 6) is -0.862. The number of pyridine rings is 1. The molecule has 1 aromatic heterocycles. The summed E-state index contributed by atoms with van der Waals surface area (Å²) in [4.78, 5) is 15.9. The lowest BCUT2D eigenvalue weighted by Crippen LogP contribution is -2.08. The van der Waals surface area contributed by atoms with Gasteiger partial charge in [0.2, 0.25) is 0 Å². The minimum atomic E-state index is -0.862. The van der Waals surface area contributed by atoms with E-state index in [0.717, 1.165) is 44.7 Å². The number of aryl methyl sites for hydroxylation is 3. The first kappa shape index (κ1) is 16.0. The highest BCUT2D eigenvalue weighted by Gasteiger charge is 2.16. The normalized spacial score (nSPS) is 10.8. The Morgan fingerprint density at radius 1 is 1.12 bits per heavy atom. The van der Waals surface area contributed by atoms with Gasteiger partial charge in [-0.25, -0.2) is 0 Å². The van der Waals surface area contributed by atoms with Crippen LogP contribution in [0.4, 0.5) is 11.4 Å². The molecule has 24 heavy (non-hydrogen) atoms. The largest absolute Gasteiger partial charge is 0.481 e. The molecule has 2 N–H and O–H groups in total. The molecule has 0 fully saturated rings. The van der Waals surface area contributed by atoms with Crippen LogP contribution in [0.1, 0.15) is 22.4 Å². The number of benzene rings is 2. The fraction of sp³-hybridized carbons (Fsp3) is 0.200. The monoisotopic (exact) mass is 320 g/mol. The van der Waals surface area contributed by atoms with E-state index in [1.807, 2.05) is 45.0 Å². The van der Waals surface area contributed by atoms with E-state index in [-0.39, 0.29) is 6.42 Å². The van der Waals surface area contributed by atoms with E-state index in [9.17, 15) is 9.90 Å². The predicted octanol–water partition coefficient (Wildman–Crippen LogP) is 4.53. The van der Waals surface area contributed by atoms with Crippen LogP contribution in [-0.2, 0) is 11.2 Å². The zero-order valence-corrected chi connectivity index (χ0v) is 14.1. The third kappa shape index (κ3) is 3.08. The van der Waals surface area contributed by atoms with Gasteiger partial charge in [0, 0.05) is 22.3 Å². The zero-order valence-electron chi connectivity index (χ0n) is 14.1. The van der Waals surface area contributed by atoms with Crippen LogP contribution in [0.25, 0.3) is 10.9 Å². The Labute approximate surface area is 141 Å². The fourth-order valence-corrected chi connectivity index (χ4v) is 2.89. The van der Waals surface area contributed by atoms with E-state index in [4.69, 9.17) is 0 Å². The summed E-state index contributed by atoms with van der Waals surface area (Å²) in [6, 6.07) is 14.0. The number of rotatable bonds is 4. The quantitative estimate of drug-likeness (QED) is 0.741. The Morgan fingerprint density at radius 3 is 2.62 bits per heavy atom. The maximum absolute atomic E-state index is 11.3. The Bertz CT molecular complexity index is 932. The fourth-order valence-electron chi connectivity index (χ4n) is 2.89. The van der Waals surface area contributed by atoms with Gasteiger partial charge in [-0.05, 0) is 44.0 Å². The number of nitrogens with zero attached hydrogens (tertiary/aromatic N) is 1. The lowest BCUT2D eigenvalue weighted by molar-refractivity contribution is -0.136. The van der Waals surface area contributed by atoms with Gasteiger partial charge in [0.1, 0.15) is 0 Å². The zero-order chi connectivity index (χ0) is 17.3. The molecule has 0 saturated heterocycles. The second kappa shape index (κ2) is 6.32. The summed E-state index contributed by atoms with van der Waals surface area (Å²) in [6.45, 7) is 5.94. The van der Waals surface area contributed by atoms with E-state index in [2.05, 4.69) is 28.5 Å². The van der Waals surface area contributed by atoms with Crippen LogP contribution < -0.4 is 5.32 Å². The molecule has 0 spiro atoms. The number of carboxylic acid groups (broad SMARTS) is 1. The topological polar surface area (TPSA) is 62.2 Å². The Morgan fingerprint density at radius 2 is 1.88 bits per heavy atom. The summed E-state index contributed by atoms with van der Waals surface area (Å²) >= 11 is 0. The van der Waals surface area contributed by atoms with Gasteiger partial charge in [-0.1, -0.05) is 30.3 Å². The molecule has 1 heterocycles. The maximum atomic E-state index is 11.3. The highest BCUT2D eigenvalue weighted by Crippen LogP contribution is 2.32. The number of hydrogen-bond acceptors (Lipinski definition) is 3. The number of aliphatic carboxylic acids is 1. The standard InChI is InChI=1S/C20H20N2O2/c1-12-8-9-13(2)18(10-12)22-20-15-6-4-5-7-17(15)21-14(3)16(20)11-19(23)24/h4-10H,11H2,1-3H3,(H,21,22)(H,23,24). The first-order valence-corrected chi connectivity index (χ1v) is 7.90. The van der Waals surface area contributed by atoms with Crippen LogP contribution in [0.15, 0.2) is 42.5 Å². The van der Waals surface area contributed by atoms with Crippen LogP contribution >= 0.6 is 0 Å². The van der Waals surface area contributed by atoms with Crippen LogP contribution in [-0.4, -0.2) is 16.1 Å². The summed E-state index contributed by atoms with van der Waals surface area (Å²) in [7, 11) is 0. The first-order valence-electron chi connectivity index (χ1n) is 7.90. The van der Waals surface area contributed by atoms with Gasteiger partial charge in [0.15, 0.2) is 0 Å². The number of hydrogen-bond donors (Lipinski definition) is 2. The van der Waals surface area contributed by atoms with Gasteiger partial charge in [-0.15, -0.1) is 0 Å². The van der Waals surface area contributed by atoms with Crippen molar-refractivity contribution >= 4 is 28.2 Å². The lowest BCUT2D eigenvalue weighted by Gasteiger charge is -2.18. The Hall–Kier alpha value is -2.88. The van der Waals surface area contributed by atoms with Crippen LogP contribution in [0.3, 0.4) is 0 Å². The number of carbonyl (C=O) groups is 1. The molecule has 3 aromatic rings. The molecule has 0 saturated carbocycles. The molecule has 0 unspecified atom stereocenters. The number of nitrogens with one attached hydrogen (secondary N) is 1. The molecule has 3 rings (SSSR count). The van der Waals surface area contributed by atoms with Crippen molar-refractivity contribution in [1.82, 2.24) is 4.98 Å². The average molecular weight is 320 g/mol. The van der Waals surface area contributed by atoms with Gasteiger partial charge in [0.25, 0.3) is 0 Å². The average Bonchev–Trinajstić information content (AvgIpc) is 2.53. The molecule has 0 aliphatic carbocycles. The van der Waals surface area contributed by atoms with Crippen molar-refractivity contribution in [2.45, 2.75) is 27.2 Å². The van der Waals surface area contributed by atoms with Crippen molar-refractivity contribution in [2.24, 2.45) is 0 Å². The second-order valence-corrected chi connectivity index (χ2v) is 6.08. The molecule has 2 aromatic carbocycles. The van der Waals surface area contributed by atoms with Crippen molar-refractivity contribution < 1.29 is 9.90 Å². The molecule has 4 heteroatoms. The Kier molecular flexibility index (Phi) is 4.21. The van der Waals surface area contributed by atoms with Crippen LogP contribution in [0, 0.1) is 20.8 Å². The smallest absolute Gasteiger partial charge is 0.307 e. The summed E-state index contributed by atoms with van der Waals surface area (Å²) in [5.41, 5.74) is 6.40. The maximum Gasteiger partial charge on any atom is 0.307 e. The third-order valence-electron chi connectivity index (χ3n) is 4.18. The van der Waals surface area contributed by atoms with Crippen molar-refractivity contribution in [2.75, 3.05) is 5.32 Å². The summed E-state index contributed by atoms with van der Waals surface area (Å²) < 4.78 is 0. The van der Waals surface area contributed by atoms with E-state index in [0.29, 0.717) is 0 Å². The van der Waals surface area contributed by atoms with E-state index < -0.39 is 5.97 Å².